The highest BCUT2D eigenvalue weighted by atomic mass is 32.2. The van der Waals surface area contributed by atoms with Crippen LogP contribution in [0, 0.1) is 6.92 Å². The highest BCUT2D eigenvalue weighted by molar-refractivity contribution is 7.93. The molecule has 7 heteroatoms. The summed E-state index contributed by atoms with van der Waals surface area (Å²) in [6, 6.07) is 13.3. The number of anilines is 1. The lowest BCUT2D eigenvalue weighted by atomic mass is 9.78. The van der Waals surface area contributed by atoms with Crippen LogP contribution in [-0.4, -0.2) is 31.7 Å². The van der Waals surface area contributed by atoms with Gasteiger partial charge in [-0.2, -0.15) is 0 Å². The number of fused-ring (bicyclic) bond motifs is 2. The maximum atomic E-state index is 13.5. The van der Waals surface area contributed by atoms with Crippen LogP contribution in [0.1, 0.15) is 37.3 Å². The summed E-state index contributed by atoms with van der Waals surface area (Å²) in [5.41, 5.74) is 0.646. The fourth-order valence-electron chi connectivity index (χ4n) is 4.04. The lowest BCUT2D eigenvalue weighted by Gasteiger charge is -2.48. The molecule has 0 aliphatic carbocycles. The number of carbonyl (C=O) groups is 2. The monoisotopic (exact) mass is 398 g/mol. The number of hydrogen-bond donors (Lipinski definition) is 0. The topological polar surface area (TPSA) is 74.8 Å². The molecule has 2 aromatic rings. The summed E-state index contributed by atoms with van der Waals surface area (Å²) in [6.45, 7) is 4.32. The lowest BCUT2D eigenvalue weighted by molar-refractivity contribution is -0.164. The van der Waals surface area contributed by atoms with Crippen molar-refractivity contribution >= 4 is 27.5 Å². The third-order valence-electron chi connectivity index (χ3n) is 5.57. The molecule has 0 bridgehead atoms. The number of likely N-dealkylation sites (tertiary alicyclic amines) is 1. The third kappa shape index (κ3) is 2.42. The van der Waals surface area contributed by atoms with Gasteiger partial charge in [-0.25, -0.2) is 12.7 Å². The van der Waals surface area contributed by atoms with Crippen molar-refractivity contribution in [3.63, 3.8) is 0 Å². The van der Waals surface area contributed by atoms with Gasteiger partial charge in [-0.15, -0.1) is 0 Å². The molecule has 146 valence electrons. The van der Waals surface area contributed by atoms with Crippen LogP contribution < -0.4 is 4.31 Å². The van der Waals surface area contributed by atoms with Crippen molar-refractivity contribution in [1.29, 1.82) is 0 Å². The first-order valence-corrected chi connectivity index (χ1v) is 10.8. The van der Waals surface area contributed by atoms with Crippen LogP contribution in [0.3, 0.4) is 0 Å². The van der Waals surface area contributed by atoms with E-state index in [9.17, 15) is 18.0 Å². The molecule has 2 aliphatic heterocycles. The minimum Gasteiger partial charge on any atom is -0.323 e. The Kier molecular flexibility index (Phi) is 4.30. The summed E-state index contributed by atoms with van der Waals surface area (Å²) >= 11 is 0. The van der Waals surface area contributed by atoms with E-state index in [0.29, 0.717) is 17.8 Å². The van der Waals surface area contributed by atoms with Gasteiger partial charge >= 0.3 is 0 Å². The largest absolute Gasteiger partial charge is 0.323 e. The molecule has 1 unspecified atom stereocenters. The molecule has 1 atom stereocenters. The number of amides is 2. The van der Waals surface area contributed by atoms with E-state index in [1.54, 1.807) is 41.3 Å². The Labute approximate surface area is 164 Å². The van der Waals surface area contributed by atoms with E-state index in [1.807, 2.05) is 13.8 Å². The van der Waals surface area contributed by atoms with Gasteiger partial charge in [0.1, 0.15) is 0 Å². The summed E-state index contributed by atoms with van der Waals surface area (Å²) in [6.07, 6.45) is 1.64. The van der Waals surface area contributed by atoms with Gasteiger partial charge in [0, 0.05) is 12.1 Å². The van der Waals surface area contributed by atoms with Gasteiger partial charge in [0.15, 0.2) is 5.54 Å². The SMILES string of the molecule is CCCCN1C(=O)CC12C(=O)N(S(=O)(=O)c1ccc(C)cc1)c1ccccc12. The van der Waals surface area contributed by atoms with Crippen molar-refractivity contribution in [1.82, 2.24) is 4.90 Å². The minimum absolute atomic E-state index is 0.00643. The van der Waals surface area contributed by atoms with Crippen LogP contribution in [0.4, 0.5) is 5.69 Å². The molecule has 0 radical (unpaired) electrons. The maximum absolute atomic E-state index is 13.5. The molecule has 2 heterocycles. The average molecular weight is 398 g/mol. The Morgan fingerprint density at radius 1 is 1.04 bits per heavy atom. The molecule has 2 amide bonds. The summed E-state index contributed by atoms with van der Waals surface area (Å²) in [7, 11) is -4.08. The van der Waals surface area contributed by atoms with Crippen LogP contribution >= 0.6 is 0 Å². The number of β-lactam (4-membered cyclic amide) rings is 1. The Bertz CT molecular complexity index is 1060. The number of nitrogens with zero attached hydrogens (tertiary/aromatic N) is 2. The van der Waals surface area contributed by atoms with Gasteiger partial charge in [-0.1, -0.05) is 49.2 Å². The zero-order valence-electron chi connectivity index (χ0n) is 15.9. The van der Waals surface area contributed by atoms with E-state index < -0.39 is 21.5 Å². The van der Waals surface area contributed by atoms with Crippen molar-refractivity contribution in [3.8, 4) is 0 Å². The fraction of sp³-hybridized carbons (Fsp3) is 0.333. The number of aryl methyl sites for hydroxylation is 1. The third-order valence-corrected chi connectivity index (χ3v) is 7.28. The smallest absolute Gasteiger partial charge is 0.272 e. The Balaban J connectivity index is 1.84. The average Bonchev–Trinajstić information content (AvgIpc) is 2.93. The maximum Gasteiger partial charge on any atom is 0.272 e. The van der Waals surface area contributed by atoms with Gasteiger partial charge in [0.05, 0.1) is 17.0 Å². The molecule has 0 N–H and O–H groups in total. The molecule has 28 heavy (non-hydrogen) atoms. The molecule has 4 rings (SSSR count). The molecule has 1 fully saturated rings. The zero-order valence-corrected chi connectivity index (χ0v) is 16.7. The Hall–Kier alpha value is -2.67. The first kappa shape index (κ1) is 18.7. The second kappa shape index (κ2) is 6.44. The van der Waals surface area contributed by atoms with Crippen LogP contribution in [-0.2, 0) is 25.2 Å². The van der Waals surface area contributed by atoms with E-state index in [2.05, 4.69) is 0 Å². The van der Waals surface area contributed by atoms with E-state index in [1.165, 1.54) is 12.1 Å². The van der Waals surface area contributed by atoms with E-state index in [-0.39, 0.29) is 17.2 Å². The number of unbranched alkanes of at least 4 members (excludes halogenated alkanes) is 1. The van der Waals surface area contributed by atoms with Crippen LogP contribution in [0.15, 0.2) is 53.4 Å². The second-order valence-corrected chi connectivity index (χ2v) is 9.13. The molecular weight excluding hydrogens is 376 g/mol. The summed E-state index contributed by atoms with van der Waals surface area (Å²) in [4.78, 5) is 27.5. The van der Waals surface area contributed by atoms with E-state index in [4.69, 9.17) is 0 Å². The Morgan fingerprint density at radius 2 is 1.71 bits per heavy atom. The first-order valence-electron chi connectivity index (χ1n) is 9.40. The van der Waals surface area contributed by atoms with Gasteiger partial charge < -0.3 is 4.90 Å². The molecule has 2 aliphatic rings. The molecular formula is C21H22N2O4S. The van der Waals surface area contributed by atoms with E-state index >= 15 is 0 Å². The molecule has 0 saturated carbocycles. The summed E-state index contributed by atoms with van der Waals surface area (Å²) in [5.74, 6) is -0.684. The number of sulfonamides is 1. The quantitative estimate of drug-likeness (QED) is 0.726. The zero-order chi connectivity index (χ0) is 20.1. The number of rotatable bonds is 5. The van der Waals surface area contributed by atoms with Gasteiger partial charge in [0.25, 0.3) is 15.9 Å². The Morgan fingerprint density at radius 3 is 2.36 bits per heavy atom. The number of hydrogen-bond acceptors (Lipinski definition) is 4. The molecule has 1 saturated heterocycles. The molecule has 6 nitrogen and oxygen atoms in total. The highest BCUT2D eigenvalue weighted by Crippen LogP contribution is 2.53. The number of benzene rings is 2. The van der Waals surface area contributed by atoms with E-state index in [0.717, 1.165) is 22.7 Å². The summed E-state index contributed by atoms with van der Waals surface area (Å²) < 4.78 is 27.6. The minimum atomic E-state index is -4.08. The lowest BCUT2D eigenvalue weighted by Crippen LogP contribution is -2.66. The van der Waals surface area contributed by atoms with Crippen LogP contribution in [0.2, 0.25) is 0 Å². The predicted molar refractivity (Wildman–Crippen MR) is 105 cm³/mol. The second-order valence-electron chi connectivity index (χ2n) is 7.34. The van der Waals surface area contributed by atoms with Gasteiger partial charge in [-0.05, 0) is 31.5 Å². The highest BCUT2D eigenvalue weighted by Gasteiger charge is 2.65. The van der Waals surface area contributed by atoms with Crippen molar-refractivity contribution in [2.24, 2.45) is 0 Å². The number of para-hydroxylation sites is 1. The predicted octanol–water partition coefficient (Wildman–Crippen LogP) is 2.96. The van der Waals surface area contributed by atoms with Gasteiger partial charge in [-0.3, -0.25) is 9.59 Å². The van der Waals surface area contributed by atoms with Crippen molar-refractivity contribution in [2.45, 2.75) is 43.5 Å². The standard InChI is InChI=1S/C21H22N2O4S/c1-3-4-13-22-19(24)14-21(22)17-7-5-6-8-18(17)23(20(21)25)28(26,27)16-11-9-15(2)10-12-16/h5-12H,3-4,13-14H2,1-2H3. The van der Waals surface area contributed by atoms with Crippen LogP contribution in [0.5, 0.6) is 0 Å². The summed E-state index contributed by atoms with van der Waals surface area (Å²) in [5, 5.41) is 0. The van der Waals surface area contributed by atoms with Gasteiger partial charge in [0.2, 0.25) is 5.91 Å². The normalized spacial score (nSPS) is 21.2. The molecule has 1 spiro atoms. The number of carbonyl (C=O) groups excluding carboxylic acids is 2. The molecule has 0 aromatic heterocycles. The van der Waals surface area contributed by atoms with Crippen molar-refractivity contribution in [3.05, 3.63) is 59.7 Å². The van der Waals surface area contributed by atoms with Crippen molar-refractivity contribution in [2.75, 3.05) is 10.8 Å². The molecule has 2 aromatic carbocycles. The van der Waals surface area contributed by atoms with Crippen LogP contribution in [0.25, 0.3) is 0 Å². The van der Waals surface area contributed by atoms with Crippen molar-refractivity contribution < 1.29 is 18.0 Å². The first-order chi connectivity index (χ1) is 13.3. The fourth-order valence-corrected chi connectivity index (χ4v) is 5.52.